The van der Waals surface area contributed by atoms with Gasteiger partial charge in [-0.2, -0.15) is 55.3 Å². The number of hydrogen-bond donors (Lipinski definition) is 0. The molecule has 0 atom stereocenters. The standard InChI is InChI=1S/C105H99Cl3F9N18O7P/c1-58-70(40-49-76(121-58)103(109,110)111)55-130-88(136)82(67-28-22-61(52-118)23-29-67)79(64-34-43-73(106)44-35-64)85-124-127-91(133(85)130)100(94(4,5)6,95(7,8)9)140-143(139,141-101(96(10,11)12,97(13,14)15)92-128-125-86-80(65-36-45-74(107)46-37-65)83(68-30-24-62(53-119)25-31-68)89(137)131(134(86)92)56-71-41-50-77(104(112,113)114)122-59(71)2)142-102(98(16,17)18,99(19,20)21)93-129-126-87-81(66-38-47-75(108)48-39-66)84(69-32-26-63(54-120)27-33-69)90(138)132(135(87)93)57-72-42-51-78(105(115,116)117)123-60(72)3/h22-51H,55-57H2,1-21H3. The van der Waals surface area contributed by atoms with Crippen LogP contribution in [0.2, 0.25) is 15.1 Å². The van der Waals surface area contributed by atoms with Gasteiger partial charge in [0.05, 0.1) is 71.2 Å². The van der Waals surface area contributed by atoms with Crippen LogP contribution in [0.5, 0.6) is 0 Å². The Kier molecular flexibility index (Phi) is 26.8. The third-order valence-electron chi connectivity index (χ3n) is 26.2. The number of aromatic nitrogens is 15. The second-order valence-corrected chi connectivity index (χ2v) is 44.2. The molecule has 0 N–H and O–H groups in total. The Hall–Kier alpha value is -13.4. The molecular weight excluding hydrogens is 1930 g/mol. The van der Waals surface area contributed by atoms with Crippen LogP contribution in [0.4, 0.5) is 39.5 Å². The van der Waals surface area contributed by atoms with Crippen LogP contribution in [-0.2, 0) is 73.1 Å². The molecule has 9 aromatic heterocycles. The van der Waals surface area contributed by atoms with Gasteiger partial charge in [0, 0.05) is 48.8 Å². The number of fused-ring (bicyclic) bond motifs is 3. The van der Waals surface area contributed by atoms with Crippen LogP contribution >= 0.6 is 42.6 Å². The first-order valence-electron chi connectivity index (χ1n) is 45.2. The highest BCUT2D eigenvalue weighted by molar-refractivity contribution is 7.48. The Morgan fingerprint density at radius 1 is 0.301 bits per heavy atom. The number of pyridine rings is 3. The average molecular weight is 2030 g/mol. The number of hydrogen-bond acceptors (Lipinski definition) is 19. The van der Waals surface area contributed by atoms with E-state index in [-0.39, 0.29) is 167 Å². The number of alkyl halides is 9. The second-order valence-electron chi connectivity index (χ2n) is 41.5. The number of rotatable bonds is 21. The average Bonchev–Trinajstić information content (AvgIpc) is 1.63. The molecule has 0 bridgehead atoms. The van der Waals surface area contributed by atoms with Gasteiger partial charge in [-0.3, -0.25) is 28.0 Å². The second kappa shape index (κ2) is 36.8. The Labute approximate surface area is 832 Å². The van der Waals surface area contributed by atoms with Gasteiger partial charge in [-0.05, 0) is 194 Å². The van der Waals surface area contributed by atoms with E-state index in [1.165, 1.54) is 121 Å². The summed E-state index contributed by atoms with van der Waals surface area (Å²) in [7, 11) is -6.59. The summed E-state index contributed by atoms with van der Waals surface area (Å²) in [5.41, 5.74) is -23.8. The maximum atomic E-state index is 20.6. The zero-order chi connectivity index (χ0) is 105. The van der Waals surface area contributed by atoms with Gasteiger partial charge in [0.25, 0.3) is 16.7 Å². The molecule has 0 fully saturated rings. The van der Waals surface area contributed by atoms with Crippen LogP contribution in [-0.4, -0.2) is 73.1 Å². The van der Waals surface area contributed by atoms with Crippen molar-refractivity contribution in [2.75, 3.05) is 0 Å². The van der Waals surface area contributed by atoms with E-state index >= 15 is 18.9 Å². The van der Waals surface area contributed by atoms with E-state index in [4.69, 9.17) is 79.0 Å². The minimum Gasteiger partial charge on any atom is -0.271 e. The summed E-state index contributed by atoms with van der Waals surface area (Å²) in [4.78, 5) is 63.8. The molecule has 0 saturated heterocycles. The molecule has 0 saturated carbocycles. The monoisotopic (exact) mass is 2030 g/mol. The number of phosphoric acid groups is 1. The molecule has 0 aliphatic rings. The molecule has 0 amide bonds. The maximum Gasteiger partial charge on any atom is 0.477 e. The molecule has 143 heavy (non-hydrogen) atoms. The molecule has 0 spiro atoms. The number of benzene rings is 6. The molecule has 15 aromatic rings. The summed E-state index contributed by atoms with van der Waals surface area (Å²) in [5, 5.41) is 62.6. The van der Waals surface area contributed by atoms with Crippen LogP contribution in [0.15, 0.2) is 196 Å². The van der Waals surface area contributed by atoms with Crippen LogP contribution in [0.3, 0.4) is 0 Å². The minimum absolute atomic E-state index is 0.0423. The number of nitriles is 3. The van der Waals surface area contributed by atoms with E-state index in [1.807, 2.05) is 0 Å². The number of phosphoric ester groups is 1. The van der Waals surface area contributed by atoms with Crippen molar-refractivity contribution in [1.29, 1.82) is 15.8 Å². The van der Waals surface area contributed by atoms with Crippen molar-refractivity contribution in [3.05, 3.63) is 313 Å². The SMILES string of the molecule is Cc1nc(C(F)(F)F)ccc1Cn1c(=O)c(-c2ccc(C#N)cc2)c(-c2ccc(Cl)cc2)c2nnc(C(OP(=O)(OC(c3nnc4c(-c5ccc(Cl)cc5)c(-c5ccc(C#N)cc5)c(=O)n(Cc5ccc(C(F)(F)F)nc5C)n34)(C(C)(C)C)C(C)(C)C)OC(c3nnc4c(-c5ccc(Cl)cc5)c(-c5ccc(C#N)cc5)c(=O)n(Cc5ccc(C(F)(F)F)nc5C)n34)(C(C)(C)C)C(C)(C)C)(C(C)(C)C)C(C)(C)C)n21. The van der Waals surface area contributed by atoms with Crippen molar-refractivity contribution in [2.24, 2.45) is 32.5 Å². The zero-order valence-electron chi connectivity index (χ0n) is 81.8. The Morgan fingerprint density at radius 3 is 0.678 bits per heavy atom. The van der Waals surface area contributed by atoms with E-state index in [0.717, 1.165) is 36.4 Å². The lowest BCUT2D eigenvalue weighted by Crippen LogP contribution is -2.58. The first kappa shape index (κ1) is 104. The molecule has 38 heteroatoms. The van der Waals surface area contributed by atoms with Crippen molar-refractivity contribution in [3.63, 3.8) is 0 Å². The summed E-state index contributed by atoms with van der Waals surface area (Å²) < 4.78 is 188. The fraction of sp³-hybridized carbons (Fsp3) is 0.343. The third-order valence-corrected chi connectivity index (χ3v) is 28.4. The fourth-order valence-corrected chi connectivity index (χ4v) is 23.5. The van der Waals surface area contributed by atoms with Crippen molar-refractivity contribution >= 4 is 59.6 Å². The van der Waals surface area contributed by atoms with Gasteiger partial charge in [-0.1, -0.05) is 250 Å². The van der Waals surface area contributed by atoms with Crippen molar-refractivity contribution in [1.82, 2.24) is 73.1 Å². The summed E-state index contributed by atoms with van der Waals surface area (Å²) in [6.45, 7) is 32.5. The van der Waals surface area contributed by atoms with Crippen molar-refractivity contribution in [2.45, 2.75) is 200 Å². The van der Waals surface area contributed by atoms with E-state index in [2.05, 4.69) is 33.2 Å². The first-order valence-corrected chi connectivity index (χ1v) is 47.8. The smallest absolute Gasteiger partial charge is 0.271 e. The molecule has 0 unspecified atom stereocenters. The van der Waals surface area contributed by atoms with Crippen LogP contribution in [0, 0.1) is 87.3 Å². The Balaban J connectivity index is 1.16. The fourth-order valence-electron chi connectivity index (χ4n) is 20.1. The van der Waals surface area contributed by atoms with Gasteiger partial charge in [0.1, 0.15) is 17.1 Å². The number of aryl methyl sites for hydroxylation is 3. The normalized spacial score (nSPS) is 13.2. The third kappa shape index (κ3) is 18.4. The van der Waals surface area contributed by atoms with E-state index in [9.17, 15) is 55.3 Å². The van der Waals surface area contributed by atoms with E-state index in [1.54, 1.807) is 197 Å². The Morgan fingerprint density at radius 2 is 0.497 bits per heavy atom. The van der Waals surface area contributed by atoms with Gasteiger partial charge < -0.3 is 0 Å². The highest BCUT2D eigenvalue weighted by Gasteiger charge is 2.70. The van der Waals surface area contributed by atoms with E-state index in [0.29, 0.717) is 0 Å². The van der Waals surface area contributed by atoms with Crippen molar-refractivity contribution in [3.8, 4) is 85.0 Å². The highest BCUT2D eigenvalue weighted by atomic mass is 35.5. The maximum absolute atomic E-state index is 20.6. The molecule has 0 aliphatic heterocycles. The molecule has 9 heterocycles. The lowest BCUT2D eigenvalue weighted by atomic mass is 9.62. The molecule has 15 rings (SSSR count). The summed E-state index contributed by atoms with van der Waals surface area (Å²) >= 11 is 20.2. The summed E-state index contributed by atoms with van der Waals surface area (Å²) in [6, 6.07) is 49.2. The van der Waals surface area contributed by atoms with Gasteiger partial charge >= 0.3 is 26.4 Å². The van der Waals surface area contributed by atoms with Gasteiger partial charge in [-0.15, -0.1) is 30.6 Å². The van der Waals surface area contributed by atoms with Crippen LogP contribution in [0.25, 0.3) is 83.7 Å². The van der Waals surface area contributed by atoms with Crippen LogP contribution < -0.4 is 16.7 Å². The lowest BCUT2D eigenvalue weighted by molar-refractivity contribution is -0.217. The quantitative estimate of drug-likeness (QED) is 0.0476. The van der Waals surface area contributed by atoms with Crippen LogP contribution in [0.1, 0.15) is 210 Å². The van der Waals surface area contributed by atoms with E-state index < -0.39 is 129 Å². The van der Waals surface area contributed by atoms with Gasteiger partial charge in [0.15, 0.2) is 51.2 Å². The summed E-state index contributed by atoms with van der Waals surface area (Å²) in [6.07, 6.45) is -14.9. The zero-order valence-corrected chi connectivity index (χ0v) is 85.0. The molecule has 0 radical (unpaired) electrons. The number of nitrogens with zero attached hydrogens (tertiary/aromatic N) is 18. The molecule has 25 nitrogen and oxygen atoms in total. The molecule has 6 aromatic carbocycles. The minimum atomic E-state index is -6.59. The first-order chi connectivity index (χ1) is 66.5. The molecule has 740 valence electrons. The predicted molar refractivity (Wildman–Crippen MR) is 525 cm³/mol. The topological polar surface area (TPSA) is 311 Å². The summed E-state index contributed by atoms with van der Waals surface area (Å²) in [5.74, 6) is -1.16. The largest absolute Gasteiger partial charge is 0.477 e. The Bertz CT molecular complexity index is 7170. The molecular formula is C105H99Cl3F9N18O7P. The van der Waals surface area contributed by atoms with Gasteiger partial charge in [0.2, 0.25) is 0 Å². The van der Waals surface area contributed by atoms with Gasteiger partial charge in [-0.25, -0.2) is 47.1 Å². The van der Waals surface area contributed by atoms with Crippen molar-refractivity contribution < 1.29 is 57.7 Å². The lowest BCUT2D eigenvalue weighted by Gasteiger charge is -2.57. The number of halogens is 12. The molecule has 0 aliphatic carbocycles. The highest BCUT2D eigenvalue weighted by Crippen LogP contribution is 2.74. The predicted octanol–water partition coefficient (Wildman–Crippen LogP) is 25.6.